The quantitative estimate of drug-likeness (QED) is 0.444. The Labute approximate surface area is 85.3 Å². The van der Waals surface area contributed by atoms with Crippen LogP contribution in [0, 0.1) is 0 Å². The smallest absolute Gasteiger partial charge is 0.0642 e. The summed E-state index contributed by atoms with van der Waals surface area (Å²) in [6.07, 6.45) is 0.924. The first-order valence-electron chi connectivity index (χ1n) is 4.89. The molecule has 0 fully saturated rings. The molecule has 0 aliphatic rings. The van der Waals surface area contributed by atoms with Gasteiger partial charge in [0.2, 0.25) is 0 Å². The lowest BCUT2D eigenvalue weighted by Gasteiger charge is -2.27. The van der Waals surface area contributed by atoms with Crippen LogP contribution in [0.1, 0.15) is 32.8 Å². The topological polar surface area (TPSA) is 32.6 Å². The molecular formula is C12H17NO. The molecule has 0 spiro atoms. The first-order chi connectivity index (χ1) is 6.65. The Morgan fingerprint density at radius 2 is 1.93 bits per heavy atom. The Kier molecular flexibility index (Phi) is 3.28. The van der Waals surface area contributed by atoms with Gasteiger partial charge in [-0.05, 0) is 18.9 Å². The summed E-state index contributed by atoms with van der Waals surface area (Å²) in [5.74, 6) is 0. The van der Waals surface area contributed by atoms with Crippen molar-refractivity contribution in [2.45, 2.75) is 32.6 Å². The van der Waals surface area contributed by atoms with Crippen LogP contribution in [0.3, 0.4) is 0 Å². The van der Waals surface area contributed by atoms with Gasteiger partial charge in [-0.15, -0.1) is 0 Å². The van der Waals surface area contributed by atoms with Crippen LogP contribution in [0.15, 0.2) is 35.5 Å². The molecule has 0 aliphatic heterocycles. The molecule has 0 saturated heterocycles. The van der Waals surface area contributed by atoms with Gasteiger partial charge in [-0.25, -0.2) is 0 Å². The van der Waals surface area contributed by atoms with Crippen LogP contribution in [-0.2, 0) is 5.41 Å². The summed E-state index contributed by atoms with van der Waals surface area (Å²) in [6.45, 7) is 6.05. The number of nitrogens with zero attached hydrogens (tertiary/aromatic N) is 1. The van der Waals surface area contributed by atoms with E-state index in [1.165, 1.54) is 5.56 Å². The van der Waals surface area contributed by atoms with Gasteiger partial charge < -0.3 is 5.21 Å². The number of hydrogen-bond donors (Lipinski definition) is 1. The van der Waals surface area contributed by atoms with Crippen LogP contribution in [0.4, 0.5) is 0 Å². The summed E-state index contributed by atoms with van der Waals surface area (Å²) in [6, 6.07) is 10.1. The highest BCUT2D eigenvalue weighted by Gasteiger charge is 2.28. The molecule has 1 N–H and O–H groups in total. The molecule has 0 saturated carbocycles. The molecule has 1 rings (SSSR count). The van der Waals surface area contributed by atoms with Gasteiger partial charge >= 0.3 is 0 Å². The van der Waals surface area contributed by atoms with Crippen molar-refractivity contribution in [1.29, 1.82) is 0 Å². The number of oxime groups is 1. The molecule has 0 aromatic heterocycles. The molecule has 1 atom stereocenters. The normalized spacial score (nSPS) is 16.4. The van der Waals surface area contributed by atoms with Crippen LogP contribution < -0.4 is 0 Å². The predicted molar refractivity (Wildman–Crippen MR) is 59.0 cm³/mol. The van der Waals surface area contributed by atoms with Gasteiger partial charge in [0.15, 0.2) is 0 Å². The molecular weight excluding hydrogens is 174 g/mol. The van der Waals surface area contributed by atoms with Crippen LogP contribution in [0.5, 0.6) is 0 Å². The first-order valence-corrected chi connectivity index (χ1v) is 4.89. The predicted octanol–water partition coefficient (Wildman–Crippen LogP) is 3.20. The highest BCUT2D eigenvalue weighted by molar-refractivity contribution is 5.92. The molecule has 14 heavy (non-hydrogen) atoms. The third-order valence-electron chi connectivity index (χ3n) is 3.07. The SMILES string of the molecule is CC[C@](C)(/C(C)=N\O)c1ccccc1. The minimum absolute atomic E-state index is 0.157. The zero-order valence-electron chi connectivity index (χ0n) is 8.99. The summed E-state index contributed by atoms with van der Waals surface area (Å²) in [4.78, 5) is 0. The van der Waals surface area contributed by atoms with Crippen molar-refractivity contribution < 1.29 is 5.21 Å². The van der Waals surface area contributed by atoms with Crippen LogP contribution >= 0.6 is 0 Å². The zero-order chi connectivity index (χ0) is 10.6. The van der Waals surface area contributed by atoms with E-state index in [4.69, 9.17) is 5.21 Å². The lowest BCUT2D eigenvalue weighted by Crippen LogP contribution is -2.29. The van der Waals surface area contributed by atoms with Gasteiger partial charge in [0.1, 0.15) is 0 Å². The average molecular weight is 191 g/mol. The molecule has 0 radical (unpaired) electrons. The van der Waals surface area contributed by atoms with E-state index in [9.17, 15) is 0 Å². The number of rotatable bonds is 3. The summed E-state index contributed by atoms with van der Waals surface area (Å²) in [5.41, 5.74) is 1.79. The Hall–Kier alpha value is -1.31. The van der Waals surface area contributed by atoms with Gasteiger partial charge in [0.25, 0.3) is 0 Å². The lowest BCUT2D eigenvalue weighted by molar-refractivity contribution is 0.312. The van der Waals surface area contributed by atoms with E-state index in [1.807, 2.05) is 25.1 Å². The van der Waals surface area contributed by atoms with E-state index in [1.54, 1.807) is 0 Å². The molecule has 0 bridgehead atoms. The molecule has 0 aliphatic carbocycles. The van der Waals surface area contributed by atoms with Crippen molar-refractivity contribution in [3.63, 3.8) is 0 Å². The van der Waals surface area contributed by atoms with E-state index in [0.29, 0.717) is 0 Å². The van der Waals surface area contributed by atoms with Gasteiger partial charge in [0.05, 0.1) is 5.71 Å². The Morgan fingerprint density at radius 1 is 1.36 bits per heavy atom. The lowest BCUT2D eigenvalue weighted by atomic mass is 9.76. The van der Waals surface area contributed by atoms with Crippen LogP contribution in [-0.4, -0.2) is 10.9 Å². The van der Waals surface area contributed by atoms with E-state index in [0.717, 1.165) is 12.1 Å². The molecule has 0 heterocycles. The zero-order valence-corrected chi connectivity index (χ0v) is 8.99. The first kappa shape index (κ1) is 10.8. The second-order valence-electron chi connectivity index (χ2n) is 3.74. The summed E-state index contributed by atoms with van der Waals surface area (Å²) in [5, 5.41) is 12.2. The summed E-state index contributed by atoms with van der Waals surface area (Å²) < 4.78 is 0. The van der Waals surface area contributed by atoms with Gasteiger partial charge in [0, 0.05) is 5.41 Å². The maximum absolute atomic E-state index is 8.85. The Balaban J connectivity index is 3.15. The molecule has 76 valence electrons. The number of benzene rings is 1. The van der Waals surface area contributed by atoms with Gasteiger partial charge in [-0.3, -0.25) is 0 Å². The number of hydrogen-bond acceptors (Lipinski definition) is 2. The van der Waals surface area contributed by atoms with Crippen molar-refractivity contribution in [3.8, 4) is 0 Å². The average Bonchev–Trinajstić information content (AvgIpc) is 2.28. The van der Waals surface area contributed by atoms with Crippen molar-refractivity contribution in [2.75, 3.05) is 0 Å². The van der Waals surface area contributed by atoms with Gasteiger partial charge in [-0.1, -0.05) is 49.3 Å². The fourth-order valence-electron chi connectivity index (χ4n) is 1.59. The van der Waals surface area contributed by atoms with Crippen molar-refractivity contribution in [1.82, 2.24) is 0 Å². The standard InChI is InChI=1S/C12H17NO/c1-4-12(3,10(2)13-14)11-8-6-5-7-9-11/h5-9,14H,4H2,1-3H3/b13-10-/t12-/m1/s1. The summed E-state index contributed by atoms with van der Waals surface area (Å²) >= 11 is 0. The highest BCUT2D eigenvalue weighted by Crippen LogP contribution is 2.28. The van der Waals surface area contributed by atoms with E-state index in [2.05, 4.69) is 31.1 Å². The van der Waals surface area contributed by atoms with Crippen molar-refractivity contribution in [3.05, 3.63) is 35.9 Å². The summed E-state index contributed by atoms with van der Waals surface area (Å²) in [7, 11) is 0. The maximum Gasteiger partial charge on any atom is 0.0642 e. The Morgan fingerprint density at radius 3 is 2.36 bits per heavy atom. The minimum Gasteiger partial charge on any atom is -0.411 e. The van der Waals surface area contributed by atoms with Gasteiger partial charge in [-0.2, -0.15) is 0 Å². The third kappa shape index (κ3) is 1.79. The maximum atomic E-state index is 8.85. The van der Waals surface area contributed by atoms with E-state index in [-0.39, 0.29) is 5.41 Å². The van der Waals surface area contributed by atoms with Crippen LogP contribution in [0.2, 0.25) is 0 Å². The molecule has 0 amide bonds. The highest BCUT2D eigenvalue weighted by atomic mass is 16.4. The van der Waals surface area contributed by atoms with Crippen molar-refractivity contribution >= 4 is 5.71 Å². The molecule has 1 aromatic carbocycles. The monoisotopic (exact) mass is 191 g/mol. The third-order valence-corrected chi connectivity index (χ3v) is 3.07. The molecule has 2 nitrogen and oxygen atoms in total. The largest absolute Gasteiger partial charge is 0.411 e. The van der Waals surface area contributed by atoms with Crippen molar-refractivity contribution in [2.24, 2.45) is 5.16 Å². The second kappa shape index (κ2) is 4.27. The second-order valence-corrected chi connectivity index (χ2v) is 3.74. The van der Waals surface area contributed by atoms with Crippen LogP contribution in [0.25, 0.3) is 0 Å². The fraction of sp³-hybridized carbons (Fsp3) is 0.417. The molecule has 1 aromatic rings. The van der Waals surface area contributed by atoms with E-state index < -0.39 is 0 Å². The molecule has 2 heteroatoms. The van der Waals surface area contributed by atoms with E-state index >= 15 is 0 Å². The fourth-order valence-corrected chi connectivity index (χ4v) is 1.59. The minimum atomic E-state index is -0.157. The Bertz CT molecular complexity index is 318. The molecule has 0 unspecified atom stereocenters.